The Kier molecular flexibility index (Phi) is 4.95. The standard InChI is InChI=1S/C17H20N2O2/c1-12(21)10-13-2-5-15(6-3-13)19-17-7-4-14(8-9-20)11-16(17)18/h2-7,9,11-12,19,21H,8,10,18H2,1H3/t12-/m0/s1. The van der Waals surface area contributed by atoms with Crippen LogP contribution in [0.5, 0.6) is 0 Å². The van der Waals surface area contributed by atoms with Gasteiger partial charge in [-0.25, -0.2) is 0 Å². The third-order valence-corrected chi connectivity index (χ3v) is 3.20. The lowest BCUT2D eigenvalue weighted by molar-refractivity contribution is -0.107. The van der Waals surface area contributed by atoms with Crippen molar-refractivity contribution >= 4 is 23.3 Å². The number of aliphatic hydroxyl groups excluding tert-OH is 1. The van der Waals surface area contributed by atoms with Crippen LogP contribution in [-0.4, -0.2) is 17.5 Å². The number of carbonyl (C=O) groups is 1. The summed E-state index contributed by atoms with van der Waals surface area (Å²) in [5.74, 6) is 0. The summed E-state index contributed by atoms with van der Waals surface area (Å²) in [6, 6.07) is 13.4. The summed E-state index contributed by atoms with van der Waals surface area (Å²) >= 11 is 0. The van der Waals surface area contributed by atoms with Gasteiger partial charge < -0.3 is 21.0 Å². The molecule has 0 fully saturated rings. The predicted octanol–water partition coefficient (Wildman–Crippen LogP) is 2.68. The molecule has 4 nitrogen and oxygen atoms in total. The third-order valence-electron chi connectivity index (χ3n) is 3.20. The molecule has 4 N–H and O–H groups in total. The summed E-state index contributed by atoms with van der Waals surface area (Å²) in [7, 11) is 0. The van der Waals surface area contributed by atoms with Crippen LogP contribution in [0.2, 0.25) is 0 Å². The molecule has 0 heterocycles. The molecule has 0 radical (unpaired) electrons. The number of anilines is 3. The molecule has 2 aromatic carbocycles. The largest absolute Gasteiger partial charge is 0.397 e. The van der Waals surface area contributed by atoms with Crippen molar-refractivity contribution in [3.63, 3.8) is 0 Å². The number of aldehydes is 1. The van der Waals surface area contributed by atoms with Crippen LogP contribution in [0, 0.1) is 0 Å². The fourth-order valence-corrected chi connectivity index (χ4v) is 2.17. The first-order valence-corrected chi connectivity index (χ1v) is 6.94. The first-order valence-electron chi connectivity index (χ1n) is 6.94. The maximum absolute atomic E-state index is 10.5. The highest BCUT2D eigenvalue weighted by Crippen LogP contribution is 2.24. The van der Waals surface area contributed by atoms with Crippen LogP contribution in [0.1, 0.15) is 18.1 Å². The number of nitrogen functional groups attached to an aromatic ring is 1. The first-order chi connectivity index (χ1) is 10.1. The van der Waals surface area contributed by atoms with Gasteiger partial charge in [-0.1, -0.05) is 18.2 Å². The molecule has 0 aliphatic rings. The summed E-state index contributed by atoms with van der Waals surface area (Å²) in [6.45, 7) is 1.77. The molecule has 0 saturated heterocycles. The van der Waals surface area contributed by atoms with E-state index in [-0.39, 0.29) is 6.10 Å². The van der Waals surface area contributed by atoms with E-state index in [2.05, 4.69) is 5.32 Å². The van der Waals surface area contributed by atoms with Gasteiger partial charge >= 0.3 is 0 Å². The molecular weight excluding hydrogens is 264 g/mol. The number of nitrogens with two attached hydrogens (primary N) is 1. The fraction of sp³-hybridized carbons (Fsp3) is 0.235. The highest BCUT2D eigenvalue weighted by atomic mass is 16.3. The Morgan fingerprint density at radius 3 is 2.43 bits per heavy atom. The molecule has 0 spiro atoms. The van der Waals surface area contributed by atoms with Gasteiger partial charge in [0.25, 0.3) is 0 Å². The molecule has 2 aromatic rings. The van der Waals surface area contributed by atoms with Gasteiger partial charge in [-0.15, -0.1) is 0 Å². The summed E-state index contributed by atoms with van der Waals surface area (Å²) < 4.78 is 0. The summed E-state index contributed by atoms with van der Waals surface area (Å²) in [5, 5.41) is 12.6. The van der Waals surface area contributed by atoms with Gasteiger partial charge in [0, 0.05) is 12.1 Å². The van der Waals surface area contributed by atoms with E-state index in [9.17, 15) is 9.90 Å². The van der Waals surface area contributed by atoms with Crippen molar-refractivity contribution < 1.29 is 9.90 Å². The van der Waals surface area contributed by atoms with Crippen LogP contribution in [0.25, 0.3) is 0 Å². The van der Waals surface area contributed by atoms with Crippen molar-refractivity contribution in [1.29, 1.82) is 0 Å². The zero-order valence-electron chi connectivity index (χ0n) is 12.0. The SMILES string of the molecule is C[C@H](O)Cc1ccc(Nc2ccc(CC=O)cc2N)cc1. The van der Waals surface area contributed by atoms with E-state index in [1.807, 2.05) is 36.4 Å². The average Bonchev–Trinajstić information content (AvgIpc) is 2.44. The predicted molar refractivity (Wildman–Crippen MR) is 85.7 cm³/mol. The Bertz CT molecular complexity index is 607. The molecule has 0 amide bonds. The molecule has 0 aliphatic carbocycles. The minimum Gasteiger partial charge on any atom is -0.397 e. The lowest BCUT2D eigenvalue weighted by Gasteiger charge is -2.11. The minimum absolute atomic E-state index is 0.343. The highest BCUT2D eigenvalue weighted by Gasteiger charge is 2.03. The molecule has 0 unspecified atom stereocenters. The Balaban J connectivity index is 2.09. The Morgan fingerprint density at radius 1 is 1.19 bits per heavy atom. The van der Waals surface area contributed by atoms with Gasteiger partial charge in [-0.05, 0) is 48.7 Å². The molecule has 110 valence electrons. The van der Waals surface area contributed by atoms with Crippen LogP contribution in [0.15, 0.2) is 42.5 Å². The molecule has 0 saturated carbocycles. The van der Waals surface area contributed by atoms with E-state index in [1.165, 1.54) is 0 Å². The minimum atomic E-state index is -0.343. The normalized spacial score (nSPS) is 11.9. The topological polar surface area (TPSA) is 75.3 Å². The quantitative estimate of drug-likeness (QED) is 0.563. The van der Waals surface area contributed by atoms with Gasteiger partial charge in [0.2, 0.25) is 0 Å². The number of hydrogen-bond acceptors (Lipinski definition) is 4. The summed E-state index contributed by atoms with van der Waals surface area (Å²) in [4.78, 5) is 10.5. The zero-order valence-corrected chi connectivity index (χ0v) is 12.0. The first kappa shape index (κ1) is 15.1. The molecular formula is C17H20N2O2. The van der Waals surface area contributed by atoms with E-state index in [0.29, 0.717) is 18.5 Å². The summed E-state index contributed by atoms with van der Waals surface area (Å²) in [5.41, 5.74) is 10.3. The van der Waals surface area contributed by atoms with Crippen molar-refractivity contribution in [3.05, 3.63) is 53.6 Å². The average molecular weight is 284 g/mol. The summed E-state index contributed by atoms with van der Waals surface area (Å²) in [6.07, 6.45) is 1.54. The van der Waals surface area contributed by atoms with Crippen molar-refractivity contribution in [2.24, 2.45) is 0 Å². The lowest BCUT2D eigenvalue weighted by Crippen LogP contribution is -2.04. The molecule has 21 heavy (non-hydrogen) atoms. The second-order valence-corrected chi connectivity index (χ2v) is 5.17. The van der Waals surface area contributed by atoms with E-state index < -0.39 is 0 Å². The van der Waals surface area contributed by atoms with E-state index >= 15 is 0 Å². The number of aliphatic hydroxyl groups is 1. The van der Waals surface area contributed by atoms with E-state index in [4.69, 9.17) is 5.73 Å². The van der Waals surface area contributed by atoms with Crippen LogP contribution < -0.4 is 11.1 Å². The zero-order chi connectivity index (χ0) is 15.2. The van der Waals surface area contributed by atoms with Crippen LogP contribution in [0.3, 0.4) is 0 Å². The Labute approximate surface area is 124 Å². The molecule has 2 rings (SSSR count). The number of rotatable bonds is 6. The number of hydrogen-bond donors (Lipinski definition) is 3. The second kappa shape index (κ2) is 6.90. The van der Waals surface area contributed by atoms with Gasteiger partial charge in [-0.2, -0.15) is 0 Å². The third kappa shape index (κ3) is 4.33. The van der Waals surface area contributed by atoms with Crippen molar-refractivity contribution in [3.8, 4) is 0 Å². The van der Waals surface area contributed by atoms with Gasteiger partial charge in [0.15, 0.2) is 0 Å². The number of nitrogens with one attached hydrogen (secondary N) is 1. The van der Waals surface area contributed by atoms with Gasteiger partial charge in [0.05, 0.1) is 17.5 Å². The molecule has 0 aromatic heterocycles. The smallest absolute Gasteiger partial charge is 0.124 e. The van der Waals surface area contributed by atoms with Crippen LogP contribution in [0.4, 0.5) is 17.1 Å². The maximum Gasteiger partial charge on any atom is 0.124 e. The highest BCUT2D eigenvalue weighted by molar-refractivity contribution is 5.74. The van der Waals surface area contributed by atoms with Crippen LogP contribution in [-0.2, 0) is 17.6 Å². The van der Waals surface area contributed by atoms with Crippen molar-refractivity contribution in [2.45, 2.75) is 25.9 Å². The molecule has 0 aliphatic heterocycles. The Hall–Kier alpha value is -2.33. The lowest BCUT2D eigenvalue weighted by atomic mass is 10.1. The monoisotopic (exact) mass is 284 g/mol. The van der Waals surface area contributed by atoms with Crippen molar-refractivity contribution in [1.82, 2.24) is 0 Å². The maximum atomic E-state index is 10.5. The van der Waals surface area contributed by atoms with E-state index in [1.54, 1.807) is 13.0 Å². The second-order valence-electron chi connectivity index (χ2n) is 5.17. The van der Waals surface area contributed by atoms with E-state index in [0.717, 1.165) is 28.8 Å². The number of carbonyl (C=O) groups excluding carboxylic acids is 1. The Morgan fingerprint density at radius 2 is 1.86 bits per heavy atom. The van der Waals surface area contributed by atoms with Crippen molar-refractivity contribution in [2.75, 3.05) is 11.1 Å². The fourth-order valence-electron chi connectivity index (χ4n) is 2.17. The number of benzene rings is 2. The molecule has 0 bridgehead atoms. The molecule has 1 atom stereocenters. The van der Waals surface area contributed by atoms with Crippen LogP contribution >= 0.6 is 0 Å². The van der Waals surface area contributed by atoms with Gasteiger partial charge in [-0.3, -0.25) is 0 Å². The van der Waals surface area contributed by atoms with Gasteiger partial charge in [0.1, 0.15) is 6.29 Å². The molecule has 4 heteroatoms.